The van der Waals surface area contributed by atoms with Crippen LogP contribution < -0.4 is 5.32 Å². The van der Waals surface area contributed by atoms with Gasteiger partial charge < -0.3 is 5.32 Å². The first-order valence-corrected chi connectivity index (χ1v) is 6.70. The number of hydrogen-bond donors (Lipinski definition) is 1. The summed E-state index contributed by atoms with van der Waals surface area (Å²) in [4.78, 5) is 24.6. The smallest absolute Gasteiger partial charge is 0.253 e. The van der Waals surface area contributed by atoms with E-state index in [2.05, 4.69) is 20.3 Å². The normalized spacial score (nSPS) is 16.4. The fraction of sp³-hybridized carbons (Fsp3) is 0.429. The summed E-state index contributed by atoms with van der Waals surface area (Å²) in [7, 11) is 0. The molecule has 0 aliphatic heterocycles. The van der Waals surface area contributed by atoms with Gasteiger partial charge in [0, 0.05) is 24.6 Å². The summed E-state index contributed by atoms with van der Waals surface area (Å²) in [5.74, 6) is -0.0630. The lowest BCUT2D eigenvalue weighted by molar-refractivity contribution is 0.0927. The fourth-order valence-corrected chi connectivity index (χ4v) is 2.50. The van der Waals surface area contributed by atoms with Gasteiger partial charge in [0.1, 0.15) is 5.52 Å². The van der Waals surface area contributed by atoms with Crippen LogP contribution in [0.3, 0.4) is 0 Å². The van der Waals surface area contributed by atoms with Crippen molar-refractivity contribution in [2.75, 3.05) is 0 Å². The zero-order chi connectivity index (χ0) is 13.1. The summed E-state index contributed by atoms with van der Waals surface area (Å²) in [6, 6.07) is 2.05. The second-order valence-electron chi connectivity index (χ2n) is 4.93. The Kier molecular flexibility index (Phi) is 3.35. The molecule has 0 saturated heterocycles. The second kappa shape index (κ2) is 5.30. The molecule has 0 bridgehead atoms. The van der Waals surface area contributed by atoms with E-state index in [4.69, 9.17) is 0 Å². The van der Waals surface area contributed by atoms with E-state index < -0.39 is 0 Å². The first-order valence-electron chi connectivity index (χ1n) is 6.70. The molecule has 1 aliphatic carbocycles. The average molecular weight is 256 g/mol. The van der Waals surface area contributed by atoms with Crippen LogP contribution in [-0.2, 0) is 0 Å². The van der Waals surface area contributed by atoms with Gasteiger partial charge in [-0.3, -0.25) is 9.78 Å². The Labute approximate surface area is 111 Å². The van der Waals surface area contributed by atoms with Gasteiger partial charge in [0.2, 0.25) is 0 Å². The van der Waals surface area contributed by atoms with Crippen molar-refractivity contribution in [1.82, 2.24) is 20.3 Å². The van der Waals surface area contributed by atoms with Crippen molar-refractivity contribution >= 4 is 17.1 Å². The average Bonchev–Trinajstić information content (AvgIpc) is 2.48. The molecule has 19 heavy (non-hydrogen) atoms. The van der Waals surface area contributed by atoms with Gasteiger partial charge in [-0.25, -0.2) is 9.97 Å². The summed E-state index contributed by atoms with van der Waals surface area (Å²) in [6.45, 7) is 0. The molecule has 0 aromatic carbocycles. The van der Waals surface area contributed by atoms with Crippen molar-refractivity contribution in [3.8, 4) is 0 Å². The van der Waals surface area contributed by atoms with Gasteiger partial charge in [0.25, 0.3) is 5.91 Å². The Bertz CT molecular complexity index is 593. The third-order valence-electron chi connectivity index (χ3n) is 3.53. The molecule has 0 atom stereocenters. The molecule has 0 spiro atoms. The highest BCUT2D eigenvalue weighted by atomic mass is 16.1. The number of nitrogens with one attached hydrogen (secondary N) is 1. The van der Waals surface area contributed by atoms with Crippen LogP contribution in [0.1, 0.15) is 42.5 Å². The van der Waals surface area contributed by atoms with Crippen LogP contribution in [0.4, 0.5) is 0 Å². The molecule has 3 rings (SSSR count). The standard InChI is InChI=1S/C14H16N4O/c19-14(18-11-4-2-1-3-5-11)10-8-12-13(17-9-10)16-7-6-15-12/h6-9,11H,1-5H2,(H,18,19). The van der Waals surface area contributed by atoms with Gasteiger partial charge in [-0.2, -0.15) is 0 Å². The molecule has 1 amide bonds. The molecule has 98 valence electrons. The van der Waals surface area contributed by atoms with Crippen LogP contribution in [0.25, 0.3) is 11.2 Å². The Morgan fingerprint density at radius 1 is 1.11 bits per heavy atom. The van der Waals surface area contributed by atoms with Gasteiger partial charge in [-0.1, -0.05) is 19.3 Å². The van der Waals surface area contributed by atoms with Crippen molar-refractivity contribution < 1.29 is 4.79 Å². The minimum absolute atomic E-state index is 0.0630. The number of hydrogen-bond acceptors (Lipinski definition) is 4. The zero-order valence-corrected chi connectivity index (χ0v) is 10.7. The van der Waals surface area contributed by atoms with Crippen molar-refractivity contribution in [2.45, 2.75) is 38.1 Å². The maximum Gasteiger partial charge on any atom is 0.253 e. The largest absolute Gasteiger partial charge is 0.349 e. The van der Waals surface area contributed by atoms with Crippen LogP contribution in [0.15, 0.2) is 24.7 Å². The number of nitrogens with zero attached hydrogens (tertiary/aromatic N) is 3. The fourth-order valence-electron chi connectivity index (χ4n) is 2.50. The minimum Gasteiger partial charge on any atom is -0.349 e. The molecular formula is C14H16N4O. The SMILES string of the molecule is O=C(NC1CCCCC1)c1cnc2nccnc2c1. The number of rotatable bonds is 2. The quantitative estimate of drug-likeness (QED) is 0.893. The number of amides is 1. The highest BCUT2D eigenvalue weighted by Crippen LogP contribution is 2.18. The summed E-state index contributed by atoms with van der Waals surface area (Å²) < 4.78 is 0. The summed E-state index contributed by atoms with van der Waals surface area (Å²) in [6.07, 6.45) is 10.6. The third-order valence-corrected chi connectivity index (χ3v) is 3.53. The maximum absolute atomic E-state index is 12.2. The van der Waals surface area contributed by atoms with E-state index in [9.17, 15) is 4.79 Å². The van der Waals surface area contributed by atoms with Crippen molar-refractivity contribution in [2.24, 2.45) is 0 Å². The number of pyridine rings is 1. The molecule has 0 unspecified atom stereocenters. The van der Waals surface area contributed by atoms with Crippen LogP contribution in [0, 0.1) is 0 Å². The minimum atomic E-state index is -0.0630. The lowest BCUT2D eigenvalue weighted by atomic mass is 9.95. The van der Waals surface area contributed by atoms with Crippen molar-refractivity contribution in [3.63, 3.8) is 0 Å². The van der Waals surface area contributed by atoms with E-state index in [1.807, 2.05) is 0 Å². The predicted molar refractivity (Wildman–Crippen MR) is 71.7 cm³/mol. The molecule has 2 aromatic heterocycles. The lowest BCUT2D eigenvalue weighted by Crippen LogP contribution is -2.36. The number of fused-ring (bicyclic) bond motifs is 1. The van der Waals surface area contributed by atoms with E-state index in [0.29, 0.717) is 22.8 Å². The van der Waals surface area contributed by atoms with Crippen molar-refractivity contribution in [1.29, 1.82) is 0 Å². The van der Waals surface area contributed by atoms with Crippen LogP contribution in [-0.4, -0.2) is 26.9 Å². The van der Waals surface area contributed by atoms with E-state index in [-0.39, 0.29) is 5.91 Å². The Morgan fingerprint density at radius 3 is 2.74 bits per heavy atom. The molecule has 5 heteroatoms. The Morgan fingerprint density at radius 2 is 1.89 bits per heavy atom. The van der Waals surface area contributed by atoms with E-state index in [1.165, 1.54) is 19.3 Å². The van der Waals surface area contributed by atoms with E-state index in [0.717, 1.165) is 12.8 Å². The molecule has 5 nitrogen and oxygen atoms in total. The molecule has 1 N–H and O–H groups in total. The summed E-state index contributed by atoms with van der Waals surface area (Å²) >= 11 is 0. The number of carbonyl (C=O) groups excluding carboxylic acids is 1. The van der Waals surface area contributed by atoms with E-state index >= 15 is 0 Å². The molecular weight excluding hydrogens is 240 g/mol. The topological polar surface area (TPSA) is 67.8 Å². The van der Waals surface area contributed by atoms with Gasteiger partial charge in [0.05, 0.1) is 5.56 Å². The van der Waals surface area contributed by atoms with Crippen LogP contribution in [0.5, 0.6) is 0 Å². The molecule has 1 fully saturated rings. The van der Waals surface area contributed by atoms with Crippen molar-refractivity contribution in [3.05, 3.63) is 30.2 Å². The van der Waals surface area contributed by atoms with Crippen LogP contribution in [0.2, 0.25) is 0 Å². The monoisotopic (exact) mass is 256 g/mol. The molecule has 2 aromatic rings. The highest BCUT2D eigenvalue weighted by Gasteiger charge is 2.17. The molecule has 1 saturated carbocycles. The van der Waals surface area contributed by atoms with Gasteiger partial charge in [-0.15, -0.1) is 0 Å². The Balaban J connectivity index is 1.77. The first-order chi connectivity index (χ1) is 9.33. The summed E-state index contributed by atoms with van der Waals surface area (Å²) in [5, 5.41) is 3.07. The second-order valence-corrected chi connectivity index (χ2v) is 4.93. The Hall–Kier alpha value is -2.04. The number of carbonyl (C=O) groups is 1. The maximum atomic E-state index is 12.2. The lowest BCUT2D eigenvalue weighted by Gasteiger charge is -2.22. The van der Waals surface area contributed by atoms with Gasteiger partial charge in [-0.05, 0) is 18.9 Å². The number of aromatic nitrogens is 3. The van der Waals surface area contributed by atoms with Gasteiger partial charge >= 0.3 is 0 Å². The molecule has 0 radical (unpaired) electrons. The van der Waals surface area contributed by atoms with Gasteiger partial charge in [0.15, 0.2) is 5.65 Å². The van der Waals surface area contributed by atoms with E-state index in [1.54, 1.807) is 24.7 Å². The third kappa shape index (κ3) is 2.70. The van der Waals surface area contributed by atoms with Crippen LogP contribution >= 0.6 is 0 Å². The molecule has 2 heterocycles. The first kappa shape index (κ1) is 12.0. The predicted octanol–water partition coefficient (Wildman–Crippen LogP) is 2.09. The molecule has 1 aliphatic rings. The summed E-state index contributed by atoms with van der Waals surface area (Å²) in [5.41, 5.74) is 1.77. The highest BCUT2D eigenvalue weighted by molar-refractivity contribution is 5.96. The zero-order valence-electron chi connectivity index (χ0n) is 10.7.